The van der Waals surface area contributed by atoms with Gasteiger partial charge in [-0.05, 0) is 31.5 Å². The van der Waals surface area contributed by atoms with Crippen LogP contribution in [0, 0.1) is 0 Å². The molecule has 0 unspecified atom stereocenters. The molecule has 1 aromatic heterocycles. The van der Waals surface area contributed by atoms with E-state index >= 15 is 0 Å². The van der Waals surface area contributed by atoms with Gasteiger partial charge < -0.3 is 14.8 Å². The fourth-order valence-corrected chi connectivity index (χ4v) is 2.53. The van der Waals surface area contributed by atoms with Crippen LogP contribution in [0.2, 0.25) is 0 Å². The SMILES string of the molecule is COc1ccc([C@@H](CC(=O)OC(C)C)NC(=O)Nc2nncs2)cc1. The molecule has 1 heterocycles. The number of rotatable bonds is 7. The summed E-state index contributed by atoms with van der Waals surface area (Å²) in [6.07, 6.45) is -0.215. The summed E-state index contributed by atoms with van der Waals surface area (Å²) < 4.78 is 10.3. The summed E-state index contributed by atoms with van der Waals surface area (Å²) in [6.45, 7) is 3.55. The number of hydrogen-bond acceptors (Lipinski definition) is 7. The van der Waals surface area contributed by atoms with Crippen LogP contribution in [0.4, 0.5) is 9.93 Å². The zero-order valence-electron chi connectivity index (χ0n) is 14.2. The summed E-state index contributed by atoms with van der Waals surface area (Å²) in [4.78, 5) is 24.2. The quantitative estimate of drug-likeness (QED) is 0.733. The highest BCUT2D eigenvalue weighted by molar-refractivity contribution is 7.13. The number of methoxy groups -OCH3 is 1. The standard InChI is InChI=1S/C16H20N4O4S/c1-10(2)24-14(21)8-13(11-4-6-12(23-3)7-5-11)18-15(22)19-16-20-17-9-25-16/h4-7,9-10,13H,8H2,1-3H3,(H2,18,19,20,22)/t13-/m1/s1. The van der Waals surface area contributed by atoms with Gasteiger partial charge in [-0.2, -0.15) is 0 Å². The van der Waals surface area contributed by atoms with E-state index in [-0.39, 0.29) is 12.5 Å². The summed E-state index contributed by atoms with van der Waals surface area (Å²) in [7, 11) is 1.57. The average Bonchev–Trinajstić information content (AvgIpc) is 3.06. The Hall–Kier alpha value is -2.68. The van der Waals surface area contributed by atoms with Gasteiger partial charge in [0.15, 0.2) is 0 Å². The molecule has 0 bridgehead atoms. The van der Waals surface area contributed by atoms with Crippen LogP contribution in [-0.4, -0.2) is 35.4 Å². The first kappa shape index (κ1) is 18.7. The van der Waals surface area contributed by atoms with E-state index in [0.29, 0.717) is 10.9 Å². The number of urea groups is 1. The summed E-state index contributed by atoms with van der Waals surface area (Å²) in [5, 5.41) is 13.1. The van der Waals surface area contributed by atoms with Crippen LogP contribution in [0.25, 0.3) is 0 Å². The molecule has 2 amide bonds. The number of aromatic nitrogens is 2. The predicted molar refractivity (Wildman–Crippen MR) is 93.6 cm³/mol. The molecule has 0 aliphatic rings. The number of anilines is 1. The van der Waals surface area contributed by atoms with Crippen molar-refractivity contribution in [1.82, 2.24) is 15.5 Å². The molecule has 2 N–H and O–H groups in total. The van der Waals surface area contributed by atoms with Crippen molar-refractivity contribution in [2.24, 2.45) is 0 Å². The molecule has 0 radical (unpaired) electrons. The number of carbonyl (C=O) groups excluding carboxylic acids is 2. The number of nitrogens with zero attached hydrogens (tertiary/aromatic N) is 2. The molecule has 8 nitrogen and oxygen atoms in total. The fraction of sp³-hybridized carbons (Fsp3) is 0.375. The monoisotopic (exact) mass is 364 g/mol. The Balaban J connectivity index is 2.09. The van der Waals surface area contributed by atoms with Gasteiger partial charge in [-0.1, -0.05) is 23.5 Å². The van der Waals surface area contributed by atoms with E-state index in [9.17, 15) is 9.59 Å². The molecule has 0 fully saturated rings. The van der Waals surface area contributed by atoms with Crippen LogP contribution >= 0.6 is 11.3 Å². The summed E-state index contributed by atoms with van der Waals surface area (Å²) in [6, 6.07) is 6.08. The lowest BCUT2D eigenvalue weighted by Crippen LogP contribution is -2.34. The van der Waals surface area contributed by atoms with Crippen molar-refractivity contribution in [3.05, 3.63) is 35.3 Å². The third-order valence-corrected chi connectivity index (χ3v) is 3.75. The van der Waals surface area contributed by atoms with Gasteiger partial charge in [0.2, 0.25) is 5.13 Å². The number of ether oxygens (including phenoxy) is 2. The zero-order valence-corrected chi connectivity index (χ0v) is 15.0. The highest BCUT2D eigenvalue weighted by atomic mass is 32.1. The van der Waals surface area contributed by atoms with Crippen LogP contribution in [0.15, 0.2) is 29.8 Å². The average molecular weight is 364 g/mol. The second-order valence-electron chi connectivity index (χ2n) is 5.41. The second-order valence-corrected chi connectivity index (χ2v) is 6.24. The van der Waals surface area contributed by atoms with Crippen molar-refractivity contribution >= 4 is 28.5 Å². The first-order chi connectivity index (χ1) is 12.0. The van der Waals surface area contributed by atoms with Crippen LogP contribution in [-0.2, 0) is 9.53 Å². The van der Waals surface area contributed by atoms with Gasteiger partial charge in [0.1, 0.15) is 11.3 Å². The fourth-order valence-electron chi connectivity index (χ4n) is 2.09. The molecule has 2 aromatic rings. The van der Waals surface area contributed by atoms with Crippen LogP contribution in [0.5, 0.6) is 5.75 Å². The molecule has 1 atom stereocenters. The molecule has 0 aliphatic heterocycles. The first-order valence-electron chi connectivity index (χ1n) is 7.65. The summed E-state index contributed by atoms with van der Waals surface area (Å²) in [5.74, 6) is 0.289. The Morgan fingerprint density at radius 3 is 2.52 bits per heavy atom. The van der Waals surface area contributed by atoms with Gasteiger partial charge in [0.05, 0.1) is 25.7 Å². The van der Waals surface area contributed by atoms with Crippen LogP contribution in [0.1, 0.15) is 31.9 Å². The lowest BCUT2D eigenvalue weighted by atomic mass is 10.0. The van der Waals surface area contributed by atoms with Gasteiger partial charge >= 0.3 is 12.0 Å². The van der Waals surface area contributed by atoms with Crippen LogP contribution in [0.3, 0.4) is 0 Å². The van der Waals surface area contributed by atoms with Crippen molar-refractivity contribution in [2.45, 2.75) is 32.4 Å². The van der Waals surface area contributed by atoms with Gasteiger partial charge in [-0.25, -0.2) is 4.79 Å². The van der Waals surface area contributed by atoms with Gasteiger partial charge in [0.25, 0.3) is 0 Å². The third kappa shape index (κ3) is 6.03. The molecule has 134 valence electrons. The van der Waals surface area contributed by atoms with E-state index in [1.54, 1.807) is 45.2 Å². The van der Waals surface area contributed by atoms with E-state index < -0.39 is 18.0 Å². The largest absolute Gasteiger partial charge is 0.497 e. The number of esters is 1. The Morgan fingerprint density at radius 2 is 1.96 bits per heavy atom. The van der Waals surface area contributed by atoms with Gasteiger partial charge in [-0.3, -0.25) is 10.1 Å². The predicted octanol–water partition coefficient (Wildman–Crippen LogP) is 2.75. The molecule has 9 heteroatoms. The molecule has 0 saturated heterocycles. The van der Waals surface area contributed by atoms with Gasteiger partial charge in [0, 0.05) is 0 Å². The second kappa shape index (κ2) is 8.97. The maximum Gasteiger partial charge on any atom is 0.321 e. The number of benzene rings is 1. The van der Waals surface area contributed by atoms with Crippen molar-refractivity contribution in [1.29, 1.82) is 0 Å². The van der Waals surface area contributed by atoms with Crippen molar-refractivity contribution < 1.29 is 19.1 Å². The Bertz CT molecular complexity index is 689. The highest BCUT2D eigenvalue weighted by Gasteiger charge is 2.20. The van der Waals surface area contributed by atoms with Crippen molar-refractivity contribution in [2.75, 3.05) is 12.4 Å². The third-order valence-electron chi connectivity index (χ3n) is 3.14. The smallest absolute Gasteiger partial charge is 0.321 e. The van der Waals surface area contributed by atoms with E-state index in [2.05, 4.69) is 20.8 Å². The Morgan fingerprint density at radius 1 is 1.24 bits per heavy atom. The number of amides is 2. The minimum absolute atomic E-state index is 0.00798. The summed E-state index contributed by atoms with van der Waals surface area (Å²) in [5.41, 5.74) is 2.27. The minimum atomic E-state index is -0.551. The molecule has 0 saturated carbocycles. The molecule has 25 heavy (non-hydrogen) atoms. The maximum atomic E-state index is 12.2. The van der Waals surface area contributed by atoms with E-state index in [0.717, 1.165) is 5.56 Å². The van der Waals surface area contributed by atoms with E-state index in [1.165, 1.54) is 16.8 Å². The number of nitrogens with one attached hydrogen (secondary N) is 2. The minimum Gasteiger partial charge on any atom is -0.497 e. The molecule has 2 rings (SSSR count). The number of hydrogen-bond donors (Lipinski definition) is 2. The Kier molecular flexibility index (Phi) is 6.70. The molecular formula is C16H20N4O4S. The Labute approximate surface area is 149 Å². The highest BCUT2D eigenvalue weighted by Crippen LogP contribution is 2.21. The van der Waals surface area contributed by atoms with Crippen LogP contribution < -0.4 is 15.4 Å². The normalized spacial score (nSPS) is 11.7. The van der Waals surface area contributed by atoms with E-state index in [1.807, 2.05) is 0 Å². The van der Waals surface area contributed by atoms with Gasteiger partial charge in [-0.15, -0.1) is 10.2 Å². The molecular weight excluding hydrogens is 344 g/mol. The van der Waals surface area contributed by atoms with Crippen molar-refractivity contribution in [3.63, 3.8) is 0 Å². The number of carbonyl (C=O) groups is 2. The van der Waals surface area contributed by atoms with Crippen molar-refractivity contribution in [3.8, 4) is 5.75 Å². The molecule has 0 aliphatic carbocycles. The zero-order chi connectivity index (χ0) is 18.2. The maximum absolute atomic E-state index is 12.2. The first-order valence-corrected chi connectivity index (χ1v) is 8.53. The lowest BCUT2D eigenvalue weighted by Gasteiger charge is -2.19. The molecule has 0 spiro atoms. The topological polar surface area (TPSA) is 102 Å². The molecule has 1 aromatic carbocycles. The van der Waals surface area contributed by atoms with E-state index in [4.69, 9.17) is 9.47 Å². The summed E-state index contributed by atoms with van der Waals surface area (Å²) >= 11 is 1.20. The lowest BCUT2D eigenvalue weighted by molar-refractivity contribution is -0.147.